The molecule has 0 aliphatic heterocycles. The molecular weight excluding hydrogens is 252 g/mol. The highest BCUT2D eigenvalue weighted by molar-refractivity contribution is 6.30. The van der Waals surface area contributed by atoms with Crippen LogP contribution in [0.4, 0.5) is 0 Å². The van der Waals surface area contributed by atoms with E-state index >= 15 is 0 Å². The quantitative estimate of drug-likeness (QED) is 0.625. The van der Waals surface area contributed by atoms with E-state index in [2.05, 4.69) is 20.5 Å². The minimum Gasteiger partial charge on any atom is -0.271 e. The minimum atomic E-state index is -0.114. The minimum absolute atomic E-state index is 0.114. The molecule has 0 aromatic carbocycles. The third-order valence-corrected chi connectivity index (χ3v) is 2.91. The van der Waals surface area contributed by atoms with Gasteiger partial charge in [0, 0.05) is 19.2 Å². The van der Waals surface area contributed by atoms with Gasteiger partial charge in [0.2, 0.25) is 0 Å². The number of aryl methyl sites for hydroxylation is 1. The maximum absolute atomic E-state index is 5.81. The van der Waals surface area contributed by atoms with Crippen molar-refractivity contribution in [1.29, 1.82) is 0 Å². The van der Waals surface area contributed by atoms with Gasteiger partial charge < -0.3 is 0 Å². The van der Waals surface area contributed by atoms with Crippen molar-refractivity contribution < 1.29 is 0 Å². The molecule has 0 fully saturated rings. The van der Waals surface area contributed by atoms with Crippen LogP contribution in [0.15, 0.2) is 24.7 Å². The zero-order valence-electron chi connectivity index (χ0n) is 10.0. The van der Waals surface area contributed by atoms with Crippen LogP contribution < -0.4 is 11.3 Å². The van der Waals surface area contributed by atoms with Gasteiger partial charge in [0.1, 0.15) is 12.2 Å². The lowest BCUT2D eigenvalue weighted by Gasteiger charge is -2.15. The van der Waals surface area contributed by atoms with Crippen molar-refractivity contribution in [3.8, 4) is 0 Å². The zero-order chi connectivity index (χ0) is 13.0. The number of hydrogen-bond acceptors (Lipinski definition) is 5. The molecule has 0 radical (unpaired) electrons. The third kappa shape index (κ3) is 2.84. The Kier molecular flexibility index (Phi) is 4.24. The van der Waals surface area contributed by atoms with Gasteiger partial charge in [-0.25, -0.2) is 4.98 Å². The van der Waals surface area contributed by atoms with E-state index in [1.54, 1.807) is 18.6 Å². The first-order valence-corrected chi connectivity index (χ1v) is 6.06. The molecule has 0 saturated heterocycles. The fourth-order valence-electron chi connectivity index (χ4n) is 1.74. The molecule has 1 atom stereocenters. The van der Waals surface area contributed by atoms with Crippen molar-refractivity contribution in [1.82, 2.24) is 25.2 Å². The van der Waals surface area contributed by atoms with Crippen LogP contribution in [-0.4, -0.2) is 19.7 Å². The van der Waals surface area contributed by atoms with Crippen LogP contribution in [0.3, 0.4) is 0 Å². The fourth-order valence-corrected chi connectivity index (χ4v) is 1.85. The molecule has 96 valence electrons. The van der Waals surface area contributed by atoms with E-state index in [-0.39, 0.29) is 6.04 Å². The second-order valence-corrected chi connectivity index (χ2v) is 4.25. The molecular formula is C11H15ClN6. The lowest BCUT2D eigenvalue weighted by molar-refractivity contribution is 0.501. The fraction of sp³-hybridized carbons (Fsp3) is 0.364. The number of halogens is 1. The second kappa shape index (κ2) is 5.90. The summed E-state index contributed by atoms with van der Waals surface area (Å²) in [5, 5.41) is 4.73. The normalized spacial score (nSPS) is 12.6. The summed E-state index contributed by atoms with van der Waals surface area (Å²) in [5.74, 6) is 6.44. The Bertz CT molecular complexity index is 494. The van der Waals surface area contributed by atoms with Gasteiger partial charge in [-0.3, -0.25) is 20.9 Å². The molecule has 0 saturated carbocycles. The zero-order valence-corrected chi connectivity index (χ0v) is 10.8. The van der Waals surface area contributed by atoms with Crippen LogP contribution >= 0.6 is 11.6 Å². The first kappa shape index (κ1) is 12.9. The standard InChI is InChI=1S/C11H15ClN6/c1-2-18-11(15-7-16-18)5-10(17-13)9-4-3-8(12)6-14-9/h3-4,6-7,10,17H,2,5,13H2,1H3. The molecule has 2 aromatic rings. The van der Waals surface area contributed by atoms with Gasteiger partial charge in [-0.1, -0.05) is 11.6 Å². The van der Waals surface area contributed by atoms with Crippen molar-refractivity contribution in [2.75, 3.05) is 0 Å². The Balaban J connectivity index is 2.17. The highest BCUT2D eigenvalue weighted by atomic mass is 35.5. The van der Waals surface area contributed by atoms with Crippen LogP contribution in [0.5, 0.6) is 0 Å². The van der Waals surface area contributed by atoms with E-state index in [9.17, 15) is 0 Å². The van der Waals surface area contributed by atoms with E-state index < -0.39 is 0 Å². The molecule has 0 aliphatic rings. The summed E-state index contributed by atoms with van der Waals surface area (Å²) in [6.45, 7) is 2.80. The van der Waals surface area contributed by atoms with Crippen molar-refractivity contribution >= 4 is 11.6 Å². The summed E-state index contributed by atoms with van der Waals surface area (Å²) >= 11 is 5.81. The number of nitrogens with one attached hydrogen (secondary N) is 1. The first-order chi connectivity index (χ1) is 8.74. The predicted octanol–water partition coefficient (Wildman–Crippen LogP) is 1.09. The Labute approximate surface area is 110 Å². The second-order valence-electron chi connectivity index (χ2n) is 3.82. The SMILES string of the molecule is CCn1ncnc1CC(NN)c1ccc(Cl)cn1. The molecule has 3 N–H and O–H groups in total. The molecule has 2 aromatic heterocycles. The maximum Gasteiger partial charge on any atom is 0.138 e. The monoisotopic (exact) mass is 266 g/mol. The molecule has 18 heavy (non-hydrogen) atoms. The molecule has 2 heterocycles. The summed E-state index contributed by atoms with van der Waals surface area (Å²) in [5.41, 5.74) is 3.57. The Morgan fingerprint density at radius 1 is 1.44 bits per heavy atom. The number of hydrazine groups is 1. The molecule has 6 nitrogen and oxygen atoms in total. The van der Waals surface area contributed by atoms with Crippen LogP contribution in [0.2, 0.25) is 5.02 Å². The van der Waals surface area contributed by atoms with Gasteiger partial charge in [0.15, 0.2) is 0 Å². The molecule has 0 aliphatic carbocycles. The highest BCUT2D eigenvalue weighted by Gasteiger charge is 2.15. The summed E-state index contributed by atoms with van der Waals surface area (Å²) in [6, 6.07) is 3.52. The van der Waals surface area contributed by atoms with Crippen molar-refractivity contribution in [3.05, 3.63) is 41.2 Å². The number of rotatable bonds is 5. The maximum atomic E-state index is 5.81. The molecule has 7 heteroatoms. The number of nitrogens with zero attached hydrogens (tertiary/aromatic N) is 4. The van der Waals surface area contributed by atoms with Gasteiger partial charge >= 0.3 is 0 Å². The van der Waals surface area contributed by atoms with Crippen molar-refractivity contribution in [3.63, 3.8) is 0 Å². The van der Waals surface area contributed by atoms with Crippen LogP contribution in [0, 0.1) is 0 Å². The van der Waals surface area contributed by atoms with E-state index in [1.165, 1.54) is 0 Å². The molecule has 0 amide bonds. The Morgan fingerprint density at radius 2 is 2.28 bits per heavy atom. The molecule has 2 rings (SSSR count). The van der Waals surface area contributed by atoms with E-state index in [0.717, 1.165) is 18.1 Å². The van der Waals surface area contributed by atoms with Crippen molar-refractivity contribution in [2.24, 2.45) is 5.84 Å². The predicted molar refractivity (Wildman–Crippen MR) is 68.7 cm³/mol. The van der Waals surface area contributed by atoms with Gasteiger partial charge in [-0.2, -0.15) is 5.10 Å². The summed E-state index contributed by atoms with van der Waals surface area (Å²) < 4.78 is 1.83. The third-order valence-electron chi connectivity index (χ3n) is 2.69. The largest absolute Gasteiger partial charge is 0.271 e. The summed E-state index contributed by atoms with van der Waals surface area (Å²) in [4.78, 5) is 8.47. The van der Waals surface area contributed by atoms with Gasteiger partial charge in [-0.05, 0) is 19.1 Å². The van der Waals surface area contributed by atoms with Gasteiger partial charge in [-0.15, -0.1) is 0 Å². The van der Waals surface area contributed by atoms with Gasteiger partial charge in [0.05, 0.1) is 16.8 Å². The van der Waals surface area contributed by atoms with Crippen LogP contribution in [0.25, 0.3) is 0 Å². The average Bonchev–Trinajstić information content (AvgIpc) is 2.84. The van der Waals surface area contributed by atoms with Crippen molar-refractivity contribution in [2.45, 2.75) is 25.9 Å². The Hall–Kier alpha value is -1.50. The molecule has 0 spiro atoms. The number of nitrogens with two attached hydrogens (primary N) is 1. The summed E-state index contributed by atoms with van der Waals surface area (Å²) in [7, 11) is 0. The van der Waals surface area contributed by atoms with Crippen LogP contribution in [-0.2, 0) is 13.0 Å². The van der Waals surface area contributed by atoms with Gasteiger partial charge in [0.25, 0.3) is 0 Å². The van der Waals surface area contributed by atoms with E-state index in [1.807, 2.05) is 17.7 Å². The topological polar surface area (TPSA) is 81.7 Å². The van der Waals surface area contributed by atoms with Crippen LogP contribution in [0.1, 0.15) is 24.5 Å². The van der Waals surface area contributed by atoms with E-state index in [4.69, 9.17) is 17.4 Å². The average molecular weight is 267 g/mol. The first-order valence-electron chi connectivity index (χ1n) is 5.68. The molecule has 0 bridgehead atoms. The summed E-state index contributed by atoms with van der Waals surface area (Å²) in [6.07, 6.45) is 3.77. The number of aromatic nitrogens is 4. The number of hydrogen-bond donors (Lipinski definition) is 2. The lowest BCUT2D eigenvalue weighted by atomic mass is 10.1. The number of pyridine rings is 1. The van der Waals surface area contributed by atoms with E-state index in [0.29, 0.717) is 11.4 Å². The Morgan fingerprint density at radius 3 is 2.89 bits per heavy atom. The highest BCUT2D eigenvalue weighted by Crippen LogP contribution is 2.16. The smallest absolute Gasteiger partial charge is 0.138 e. The molecule has 1 unspecified atom stereocenters. The lowest BCUT2D eigenvalue weighted by Crippen LogP contribution is -2.31.